The molecule has 1 aromatic carbocycles. The van der Waals surface area contributed by atoms with Crippen molar-refractivity contribution < 1.29 is 9.59 Å². The third-order valence-electron chi connectivity index (χ3n) is 8.40. The third kappa shape index (κ3) is 4.45. The van der Waals surface area contributed by atoms with Gasteiger partial charge >= 0.3 is 0 Å². The fourth-order valence-electron chi connectivity index (χ4n) is 6.15. The summed E-state index contributed by atoms with van der Waals surface area (Å²) < 4.78 is 2.53. The number of hydrogen-bond donors (Lipinski definition) is 2. The van der Waals surface area contributed by atoms with Crippen LogP contribution < -0.4 is 10.6 Å². The highest BCUT2D eigenvalue weighted by molar-refractivity contribution is 9.10. The lowest BCUT2D eigenvalue weighted by Crippen LogP contribution is -2.53. The molecule has 38 heavy (non-hydrogen) atoms. The molecule has 2 atom stereocenters. The minimum atomic E-state index is -0.376. The third-order valence-corrected chi connectivity index (χ3v) is 8.99. The van der Waals surface area contributed by atoms with Crippen molar-refractivity contribution in [3.05, 3.63) is 40.1 Å². The molecular formula is C27H33BrN8O2. The first-order valence-corrected chi connectivity index (χ1v) is 14.0. The van der Waals surface area contributed by atoms with Gasteiger partial charge in [-0.05, 0) is 71.9 Å². The van der Waals surface area contributed by atoms with E-state index in [4.69, 9.17) is 10.1 Å². The Morgan fingerprint density at radius 2 is 2.03 bits per heavy atom. The number of benzene rings is 1. The van der Waals surface area contributed by atoms with Crippen molar-refractivity contribution in [3.63, 3.8) is 0 Å². The van der Waals surface area contributed by atoms with Crippen molar-refractivity contribution in [2.45, 2.75) is 45.2 Å². The lowest BCUT2D eigenvalue weighted by molar-refractivity contribution is -0.141. The van der Waals surface area contributed by atoms with Crippen LogP contribution in [0.5, 0.6) is 0 Å². The van der Waals surface area contributed by atoms with Gasteiger partial charge in [-0.1, -0.05) is 13.0 Å². The number of likely N-dealkylation sites (tertiary alicyclic amines) is 1. The van der Waals surface area contributed by atoms with Crippen LogP contribution in [0.15, 0.2) is 29.0 Å². The molecule has 2 fully saturated rings. The summed E-state index contributed by atoms with van der Waals surface area (Å²) in [5.74, 6) is 1.02. The van der Waals surface area contributed by atoms with E-state index < -0.39 is 0 Å². The maximum Gasteiger partial charge on any atom is 0.228 e. The number of nitrogens with zero attached hydrogens (tertiary/aromatic N) is 6. The van der Waals surface area contributed by atoms with E-state index >= 15 is 0 Å². The Hall–Kier alpha value is -3.05. The van der Waals surface area contributed by atoms with E-state index in [2.05, 4.69) is 55.6 Å². The molecule has 0 radical (unpaired) electrons. The number of carbonyl (C=O) groups is 2. The van der Waals surface area contributed by atoms with Crippen molar-refractivity contribution >= 4 is 44.7 Å². The molecule has 1 aliphatic carbocycles. The zero-order valence-corrected chi connectivity index (χ0v) is 23.6. The largest absolute Gasteiger partial charge is 0.359 e. The lowest BCUT2D eigenvalue weighted by Gasteiger charge is -2.39. The number of carbonyl (C=O) groups excluding carboxylic acids is 2. The van der Waals surface area contributed by atoms with Crippen molar-refractivity contribution in [2.24, 2.45) is 11.3 Å². The molecule has 0 unspecified atom stereocenters. The van der Waals surface area contributed by atoms with Gasteiger partial charge in [0.2, 0.25) is 17.8 Å². The van der Waals surface area contributed by atoms with Crippen molar-refractivity contribution in [1.82, 2.24) is 34.9 Å². The topological polar surface area (TPSA) is 108 Å². The Balaban J connectivity index is 1.22. The average molecular weight is 582 g/mol. The number of hydrogen-bond acceptors (Lipinski definition) is 7. The monoisotopic (exact) mass is 580 g/mol. The Bertz CT molecular complexity index is 1420. The van der Waals surface area contributed by atoms with Gasteiger partial charge in [0.15, 0.2) is 5.65 Å². The van der Waals surface area contributed by atoms with Gasteiger partial charge < -0.3 is 20.4 Å². The quantitative estimate of drug-likeness (QED) is 0.477. The normalized spacial score (nSPS) is 23.8. The molecule has 2 N–H and O–H groups in total. The van der Waals surface area contributed by atoms with Crippen LogP contribution in [0.2, 0.25) is 0 Å². The van der Waals surface area contributed by atoms with Crippen LogP contribution >= 0.6 is 15.9 Å². The molecule has 1 saturated heterocycles. The first kappa shape index (κ1) is 25.2. The predicted molar refractivity (Wildman–Crippen MR) is 148 cm³/mol. The minimum absolute atomic E-state index is 0.0794. The molecule has 2 aromatic heterocycles. The standard InChI is InChI=1S/C27H33BrN8O2/c1-27(25(38)29-2)8-6-19(11-27)31-26-30-12-21-22(28)33-36(23(21)32-26)20-5-4-17-15-35(9-7-16(17)10-20)24(37)18-13-34(3)14-18/h4-5,10,12,18-19H,6-9,11,13-15H2,1-3H3,(H,29,38)(H,30,31,32)/t19-,27-/m1/s1. The summed E-state index contributed by atoms with van der Waals surface area (Å²) in [6.45, 7) is 5.13. The fourth-order valence-corrected chi connectivity index (χ4v) is 6.58. The van der Waals surface area contributed by atoms with Crippen LogP contribution in [-0.2, 0) is 22.6 Å². The van der Waals surface area contributed by atoms with E-state index in [1.54, 1.807) is 13.2 Å². The van der Waals surface area contributed by atoms with E-state index in [-0.39, 0.29) is 29.2 Å². The Morgan fingerprint density at radius 3 is 2.79 bits per heavy atom. The van der Waals surface area contributed by atoms with Gasteiger partial charge in [-0.25, -0.2) is 9.67 Å². The van der Waals surface area contributed by atoms with Gasteiger partial charge in [0.25, 0.3) is 0 Å². The second-order valence-corrected chi connectivity index (χ2v) is 12.0. The first-order chi connectivity index (χ1) is 18.2. The summed E-state index contributed by atoms with van der Waals surface area (Å²) in [7, 11) is 3.74. The highest BCUT2D eigenvalue weighted by Crippen LogP contribution is 2.39. The first-order valence-electron chi connectivity index (χ1n) is 13.2. The highest BCUT2D eigenvalue weighted by Gasteiger charge is 2.41. The van der Waals surface area contributed by atoms with Crippen LogP contribution in [0.1, 0.15) is 37.3 Å². The van der Waals surface area contributed by atoms with Crippen LogP contribution in [-0.4, -0.2) is 81.1 Å². The molecule has 11 heteroatoms. The Kier molecular flexibility index (Phi) is 6.38. The molecule has 2 amide bonds. The van der Waals surface area contributed by atoms with Crippen molar-refractivity contribution in [3.8, 4) is 5.69 Å². The van der Waals surface area contributed by atoms with Gasteiger partial charge in [0.1, 0.15) is 4.60 Å². The van der Waals surface area contributed by atoms with Crippen LogP contribution in [0.25, 0.3) is 16.7 Å². The van der Waals surface area contributed by atoms with Gasteiger partial charge in [-0.2, -0.15) is 10.1 Å². The number of amides is 2. The molecule has 0 spiro atoms. The fraction of sp³-hybridized carbons (Fsp3) is 0.519. The highest BCUT2D eigenvalue weighted by atomic mass is 79.9. The summed E-state index contributed by atoms with van der Waals surface area (Å²) in [6.07, 6.45) is 5.05. The van der Waals surface area contributed by atoms with Crippen molar-refractivity contribution in [2.75, 3.05) is 39.0 Å². The maximum absolute atomic E-state index is 12.9. The molecule has 4 heterocycles. The molecule has 0 bridgehead atoms. The number of nitrogens with one attached hydrogen (secondary N) is 2. The van der Waals surface area contributed by atoms with Crippen molar-refractivity contribution in [1.29, 1.82) is 0 Å². The molecule has 3 aliphatic rings. The molecule has 6 rings (SSSR count). The molecule has 200 valence electrons. The minimum Gasteiger partial charge on any atom is -0.359 e. The summed E-state index contributed by atoms with van der Waals surface area (Å²) in [5.41, 5.74) is 3.69. The lowest BCUT2D eigenvalue weighted by atomic mass is 9.87. The van der Waals surface area contributed by atoms with Gasteiger partial charge in [0.05, 0.1) is 17.0 Å². The molecule has 3 aromatic rings. The Labute approximate surface area is 230 Å². The van der Waals surface area contributed by atoms with Crippen LogP contribution in [0.3, 0.4) is 0 Å². The Morgan fingerprint density at radius 1 is 1.21 bits per heavy atom. The number of halogens is 1. The summed E-state index contributed by atoms with van der Waals surface area (Å²) in [4.78, 5) is 38.7. The zero-order valence-electron chi connectivity index (χ0n) is 22.0. The van der Waals surface area contributed by atoms with E-state index in [9.17, 15) is 9.59 Å². The summed E-state index contributed by atoms with van der Waals surface area (Å²) >= 11 is 3.57. The van der Waals surface area contributed by atoms with E-state index in [0.717, 1.165) is 56.4 Å². The second-order valence-electron chi connectivity index (χ2n) is 11.2. The van der Waals surface area contributed by atoms with Crippen LogP contribution in [0.4, 0.5) is 5.95 Å². The van der Waals surface area contributed by atoms with E-state index in [0.29, 0.717) is 22.7 Å². The number of anilines is 1. The molecule has 10 nitrogen and oxygen atoms in total. The average Bonchev–Trinajstić information content (AvgIpc) is 3.45. The number of aromatic nitrogens is 4. The summed E-state index contributed by atoms with van der Waals surface area (Å²) in [6, 6.07) is 6.44. The second kappa shape index (κ2) is 9.60. The van der Waals surface area contributed by atoms with E-state index in [1.807, 2.05) is 22.6 Å². The SMILES string of the molecule is CNC(=O)[C@]1(C)CC[C@@H](Nc2ncc3c(Br)nn(-c4ccc5c(c4)CCN(C(=O)C4CN(C)C4)C5)c3n2)C1. The summed E-state index contributed by atoms with van der Waals surface area (Å²) in [5, 5.41) is 11.8. The molecular weight excluding hydrogens is 548 g/mol. The van der Waals surface area contributed by atoms with Gasteiger partial charge in [-0.15, -0.1) is 0 Å². The van der Waals surface area contributed by atoms with E-state index in [1.165, 1.54) is 11.1 Å². The smallest absolute Gasteiger partial charge is 0.228 e. The van der Waals surface area contributed by atoms with Gasteiger partial charge in [0, 0.05) is 50.9 Å². The predicted octanol–water partition coefficient (Wildman–Crippen LogP) is 2.74. The maximum atomic E-state index is 12.9. The number of fused-ring (bicyclic) bond motifs is 2. The van der Waals surface area contributed by atoms with Crippen LogP contribution in [0, 0.1) is 11.3 Å². The number of rotatable bonds is 5. The molecule has 1 saturated carbocycles. The molecule has 2 aliphatic heterocycles. The zero-order chi connectivity index (χ0) is 26.6. The van der Waals surface area contributed by atoms with Gasteiger partial charge in [-0.3, -0.25) is 9.59 Å².